The molecule has 0 aliphatic rings. The molecule has 0 fully saturated rings. The van der Waals surface area contributed by atoms with Gasteiger partial charge in [-0.3, -0.25) is 4.89 Å². The van der Waals surface area contributed by atoms with Crippen molar-refractivity contribution in [3.8, 4) is 11.6 Å². The third-order valence-electron chi connectivity index (χ3n) is 3.71. The number of hydrogen-bond donors (Lipinski definition) is 0. The summed E-state index contributed by atoms with van der Waals surface area (Å²) in [6.07, 6.45) is 2.84. The summed E-state index contributed by atoms with van der Waals surface area (Å²) in [5.41, 5.74) is 1.41. The Kier molecular flexibility index (Phi) is 6.20. The van der Waals surface area contributed by atoms with Crippen molar-refractivity contribution >= 4 is 11.5 Å². The fourth-order valence-corrected chi connectivity index (χ4v) is 2.33. The minimum absolute atomic E-state index is 0.0512. The molecule has 0 aliphatic heterocycles. The number of aryl methyl sites for hydroxylation is 1. The molecule has 0 atom stereocenters. The van der Waals surface area contributed by atoms with Crippen molar-refractivity contribution in [1.29, 1.82) is 0 Å². The van der Waals surface area contributed by atoms with Crippen LogP contribution in [0.1, 0.15) is 11.1 Å². The number of methoxy groups -OCH3 is 1. The van der Waals surface area contributed by atoms with Gasteiger partial charge in [0.25, 0.3) is 0 Å². The Morgan fingerprint density at radius 3 is 2.39 bits per heavy atom. The Morgan fingerprint density at radius 2 is 1.71 bits per heavy atom. The van der Waals surface area contributed by atoms with Gasteiger partial charge in [0.05, 0.1) is 7.11 Å². The average Bonchev–Trinajstić information content (AvgIpc) is 2.74. The number of para-hydroxylation sites is 1. The second kappa shape index (κ2) is 9.18. The number of hydrogen-bond acceptors (Lipinski definition) is 7. The Bertz CT molecular complexity index is 959. The van der Waals surface area contributed by atoms with E-state index in [9.17, 15) is 4.79 Å². The van der Waals surface area contributed by atoms with E-state index >= 15 is 0 Å². The third-order valence-corrected chi connectivity index (χ3v) is 3.71. The van der Waals surface area contributed by atoms with Gasteiger partial charge in [-0.25, -0.2) is 19.7 Å². The van der Waals surface area contributed by atoms with Crippen molar-refractivity contribution in [2.75, 3.05) is 7.11 Å². The molecule has 0 amide bonds. The monoisotopic (exact) mass is 378 g/mol. The van der Waals surface area contributed by atoms with Crippen LogP contribution in [0, 0.1) is 6.92 Å². The fraction of sp³-hybridized carbons (Fsp3) is 0.0952. The molecule has 0 bridgehead atoms. The number of carbonyl (C=O) groups is 1. The van der Waals surface area contributed by atoms with Crippen LogP contribution in [-0.2, 0) is 14.4 Å². The topological polar surface area (TPSA) is 79.8 Å². The van der Waals surface area contributed by atoms with Crippen LogP contribution in [0.3, 0.4) is 0 Å². The molecule has 0 saturated carbocycles. The number of nitrogens with zero attached hydrogens (tertiary/aromatic N) is 2. The Balaban J connectivity index is 1.91. The first-order valence-electron chi connectivity index (χ1n) is 8.41. The number of benzene rings is 2. The van der Waals surface area contributed by atoms with Crippen LogP contribution in [0.25, 0.3) is 5.57 Å². The van der Waals surface area contributed by atoms with E-state index in [1.807, 2.05) is 25.1 Å². The molecule has 0 radical (unpaired) electrons. The normalized spacial score (nSPS) is 11.2. The minimum atomic E-state index is -0.777. The average molecular weight is 378 g/mol. The maximum atomic E-state index is 12.8. The van der Waals surface area contributed by atoms with Gasteiger partial charge in [0.1, 0.15) is 6.33 Å². The predicted octanol–water partition coefficient (Wildman–Crippen LogP) is 3.72. The molecule has 3 aromatic rings. The summed E-state index contributed by atoms with van der Waals surface area (Å²) in [7, 11) is 1.38. The minimum Gasteiger partial charge on any atom is -0.468 e. The summed E-state index contributed by atoms with van der Waals surface area (Å²) in [4.78, 5) is 30.9. The molecule has 7 heteroatoms. The van der Waals surface area contributed by atoms with E-state index in [0.717, 1.165) is 5.56 Å². The van der Waals surface area contributed by atoms with Crippen molar-refractivity contribution < 1.29 is 24.0 Å². The second-order valence-corrected chi connectivity index (χ2v) is 5.60. The van der Waals surface area contributed by atoms with E-state index in [0.29, 0.717) is 11.3 Å². The summed E-state index contributed by atoms with van der Waals surface area (Å²) in [6.45, 7) is 1.84. The molecule has 0 unspecified atom stereocenters. The molecule has 1 aromatic heterocycles. The molecule has 3 rings (SSSR count). The fourth-order valence-electron chi connectivity index (χ4n) is 2.33. The maximum absolute atomic E-state index is 12.8. The van der Waals surface area contributed by atoms with Gasteiger partial charge in [0.2, 0.25) is 5.88 Å². The molecular formula is C21H18N2O5. The van der Waals surface area contributed by atoms with Crippen LogP contribution in [0.5, 0.6) is 11.6 Å². The van der Waals surface area contributed by atoms with Gasteiger partial charge in [0.15, 0.2) is 11.3 Å². The number of rotatable bonds is 7. The van der Waals surface area contributed by atoms with Gasteiger partial charge < -0.3 is 9.47 Å². The molecule has 0 saturated heterocycles. The van der Waals surface area contributed by atoms with E-state index in [2.05, 4.69) is 9.97 Å². The number of carbonyl (C=O) groups excluding carboxylic acids is 1. The highest BCUT2D eigenvalue weighted by Gasteiger charge is 2.24. The van der Waals surface area contributed by atoms with Crippen molar-refractivity contribution in [3.63, 3.8) is 0 Å². The first-order valence-corrected chi connectivity index (χ1v) is 8.41. The Hall–Kier alpha value is -3.87. The zero-order valence-corrected chi connectivity index (χ0v) is 15.4. The molecule has 0 aliphatic carbocycles. The van der Waals surface area contributed by atoms with Gasteiger partial charge in [-0.05, 0) is 24.1 Å². The highest BCUT2D eigenvalue weighted by atomic mass is 17.2. The summed E-state index contributed by atoms with van der Waals surface area (Å²) >= 11 is 0. The quantitative estimate of drug-likeness (QED) is 0.268. The SMILES string of the molecule is COC(Oc1ccncn1)=C(C(=O)OOc1ccccc1C)c1ccccc1. The molecule has 0 N–H and O–H groups in total. The number of ether oxygens (including phenoxy) is 2. The molecule has 0 spiro atoms. The molecule has 7 nitrogen and oxygen atoms in total. The lowest BCUT2D eigenvalue weighted by Gasteiger charge is -2.13. The van der Waals surface area contributed by atoms with Gasteiger partial charge in [-0.15, -0.1) is 0 Å². The second-order valence-electron chi connectivity index (χ2n) is 5.60. The zero-order chi connectivity index (χ0) is 19.8. The highest BCUT2D eigenvalue weighted by Crippen LogP contribution is 2.24. The zero-order valence-electron chi connectivity index (χ0n) is 15.4. The van der Waals surface area contributed by atoms with E-state index in [1.54, 1.807) is 36.4 Å². The molecule has 142 valence electrons. The molecular weight excluding hydrogens is 360 g/mol. The van der Waals surface area contributed by atoms with Crippen molar-refractivity contribution in [2.45, 2.75) is 6.92 Å². The third kappa shape index (κ3) is 4.64. The van der Waals surface area contributed by atoms with Gasteiger partial charge in [-0.2, -0.15) is 0 Å². The lowest BCUT2D eigenvalue weighted by Crippen LogP contribution is -2.15. The van der Waals surface area contributed by atoms with Crippen LogP contribution in [0.2, 0.25) is 0 Å². The van der Waals surface area contributed by atoms with Crippen LogP contribution in [0.15, 0.2) is 79.1 Å². The molecule has 2 aromatic carbocycles. The van der Waals surface area contributed by atoms with Gasteiger partial charge in [-0.1, -0.05) is 48.5 Å². The van der Waals surface area contributed by atoms with E-state index in [-0.39, 0.29) is 17.4 Å². The van der Waals surface area contributed by atoms with E-state index in [4.69, 9.17) is 19.2 Å². The van der Waals surface area contributed by atoms with Crippen LogP contribution in [0.4, 0.5) is 0 Å². The first kappa shape index (κ1) is 18.9. The largest absolute Gasteiger partial charge is 0.468 e. The van der Waals surface area contributed by atoms with Gasteiger partial charge >= 0.3 is 11.9 Å². The van der Waals surface area contributed by atoms with Crippen molar-refractivity contribution in [2.24, 2.45) is 0 Å². The summed E-state index contributed by atoms with van der Waals surface area (Å²) in [5, 5.41) is 0. The lowest BCUT2D eigenvalue weighted by atomic mass is 10.1. The first-order chi connectivity index (χ1) is 13.7. The van der Waals surface area contributed by atoms with Gasteiger partial charge in [0, 0.05) is 12.3 Å². The van der Waals surface area contributed by atoms with Crippen LogP contribution in [-0.4, -0.2) is 23.0 Å². The molecule has 28 heavy (non-hydrogen) atoms. The summed E-state index contributed by atoms with van der Waals surface area (Å²) in [5.74, 6) is -0.213. The van der Waals surface area contributed by atoms with Crippen LogP contribution >= 0.6 is 0 Å². The lowest BCUT2D eigenvalue weighted by molar-refractivity contribution is -0.206. The molecule has 1 heterocycles. The standard InChI is InChI=1S/C21H18N2O5/c1-15-8-6-7-11-17(15)27-28-20(24)19(16-9-4-3-5-10-16)21(25-2)26-18-12-13-22-14-23-18/h3-14H,1-2H3. The van der Waals surface area contributed by atoms with E-state index in [1.165, 1.54) is 25.7 Å². The van der Waals surface area contributed by atoms with Crippen LogP contribution < -0.4 is 9.62 Å². The highest BCUT2D eigenvalue weighted by molar-refractivity contribution is 6.16. The van der Waals surface area contributed by atoms with Crippen molar-refractivity contribution in [1.82, 2.24) is 9.97 Å². The Labute approximate surface area is 162 Å². The maximum Gasteiger partial charge on any atom is 0.393 e. The predicted molar refractivity (Wildman–Crippen MR) is 101 cm³/mol. The number of aromatic nitrogens is 2. The van der Waals surface area contributed by atoms with E-state index < -0.39 is 5.97 Å². The summed E-state index contributed by atoms with van der Waals surface area (Å²) < 4.78 is 10.9. The smallest absolute Gasteiger partial charge is 0.393 e. The Morgan fingerprint density at radius 1 is 0.964 bits per heavy atom. The van der Waals surface area contributed by atoms with Crippen molar-refractivity contribution in [3.05, 3.63) is 90.3 Å². The summed E-state index contributed by atoms with van der Waals surface area (Å²) in [6, 6.07) is 17.6.